The van der Waals surface area contributed by atoms with E-state index in [9.17, 15) is 4.79 Å². The van der Waals surface area contributed by atoms with Crippen molar-refractivity contribution in [1.82, 2.24) is 15.1 Å². The zero-order valence-corrected chi connectivity index (χ0v) is 13.3. The number of hydrogen-bond donors (Lipinski definition) is 1. The monoisotopic (exact) mass is 303 g/mol. The predicted octanol–water partition coefficient (Wildman–Crippen LogP) is 1.72. The number of ether oxygens (including phenoxy) is 2. The molecule has 0 aliphatic heterocycles. The summed E-state index contributed by atoms with van der Waals surface area (Å²) in [5, 5.41) is 6.97. The number of rotatable bonds is 6. The molecule has 0 bridgehead atoms. The molecule has 0 unspecified atom stereocenters. The van der Waals surface area contributed by atoms with Crippen LogP contribution in [0.25, 0.3) is 0 Å². The van der Waals surface area contributed by atoms with Crippen LogP contribution in [0.15, 0.2) is 24.4 Å². The fourth-order valence-corrected chi connectivity index (χ4v) is 2.17. The van der Waals surface area contributed by atoms with E-state index in [1.54, 1.807) is 25.1 Å². The second kappa shape index (κ2) is 6.98. The first-order valence-electron chi connectivity index (χ1n) is 7.04. The Morgan fingerprint density at radius 3 is 2.59 bits per heavy atom. The Morgan fingerprint density at radius 2 is 2.00 bits per heavy atom. The summed E-state index contributed by atoms with van der Waals surface area (Å²) < 4.78 is 12.2. The first kappa shape index (κ1) is 15.9. The van der Waals surface area contributed by atoms with Crippen LogP contribution < -0.4 is 14.8 Å². The number of amides is 1. The third-order valence-corrected chi connectivity index (χ3v) is 3.63. The van der Waals surface area contributed by atoms with Gasteiger partial charge in [0.15, 0.2) is 11.5 Å². The molecule has 0 saturated heterocycles. The van der Waals surface area contributed by atoms with Gasteiger partial charge in [0.25, 0.3) is 5.91 Å². The van der Waals surface area contributed by atoms with Crippen molar-refractivity contribution < 1.29 is 14.3 Å². The fourth-order valence-electron chi connectivity index (χ4n) is 2.17. The van der Waals surface area contributed by atoms with E-state index in [4.69, 9.17) is 9.47 Å². The molecule has 1 N–H and O–H groups in total. The molecule has 22 heavy (non-hydrogen) atoms. The Hall–Kier alpha value is -2.50. The standard InChI is InChI=1S/C16H21N3O3/c1-11-13(10-18-19(11)2)16(20)17-8-7-12-5-6-14(21-3)15(9-12)22-4/h5-6,9-10H,7-8H2,1-4H3,(H,17,20). The van der Waals surface area contributed by atoms with Crippen molar-refractivity contribution in [3.8, 4) is 11.5 Å². The van der Waals surface area contributed by atoms with Crippen LogP contribution in [-0.4, -0.2) is 36.5 Å². The van der Waals surface area contributed by atoms with Gasteiger partial charge in [-0.05, 0) is 31.0 Å². The van der Waals surface area contributed by atoms with Crippen molar-refractivity contribution >= 4 is 5.91 Å². The van der Waals surface area contributed by atoms with Gasteiger partial charge in [0.1, 0.15) is 0 Å². The molecule has 118 valence electrons. The molecule has 1 aromatic carbocycles. The average molecular weight is 303 g/mol. The van der Waals surface area contributed by atoms with Crippen LogP contribution in [0.4, 0.5) is 0 Å². The van der Waals surface area contributed by atoms with Crippen LogP contribution in [0.3, 0.4) is 0 Å². The molecule has 2 rings (SSSR count). The number of benzene rings is 1. The third-order valence-electron chi connectivity index (χ3n) is 3.63. The fraction of sp³-hybridized carbons (Fsp3) is 0.375. The summed E-state index contributed by atoms with van der Waals surface area (Å²) in [6, 6.07) is 5.74. The summed E-state index contributed by atoms with van der Waals surface area (Å²) in [6.45, 7) is 2.42. The maximum Gasteiger partial charge on any atom is 0.254 e. The summed E-state index contributed by atoms with van der Waals surface area (Å²) in [6.07, 6.45) is 2.30. The van der Waals surface area contributed by atoms with Gasteiger partial charge in [-0.1, -0.05) is 6.07 Å². The molecule has 0 radical (unpaired) electrons. The van der Waals surface area contributed by atoms with Gasteiger partial charge in [-0.25, -0.2) is 0 Å². The van der Waals surface area contributed by atoms with E-state index >= 15 is 0 Å². The Bertz CT molecular complexity index is 665. The minimum absolute atomic E-state index is 0.105. The zero-order chi connectivity index (χ0) is 16.1. The number of methoxy groups -OCH3 is 2. The predicted molar refractivity (Wildman–Crippen MR) is 83.5 cm³/mol. The van der Waals surface area contributed by atoms with E-state index in [1.165, 1.54) is 0 Å². The Labute approximate surface area is 130 Å². The van der Waals surface area contributed by atoms with Gasteiger partial charge < -0.3 is 14.8 Å². The topological polar surface area (TPSA) is 65.4 Å². The summed E-state index contributed by atoms with van der Waals surface area (Å²) in [5.74, 6) is 1.28. The van der Waals surface area contributed by atoms with E-state index in [1.807, 2.05) is 32.2 Å². The Kier molecular flexibility index (Phi) is 5.04. The summed E-state index contributed by atoms with van der Waals surface area (Å²) >= 11 is 0. The van der Waals surface area contributed by atoms with Gasteiger partial charge in [0, 0.05) is 19.3 Å². The minimum atomic E-state index is -0.105. The van der Waals surface area contributed by atoms with Gasteiger partial charge in [0.05, 0.1) is 26.0 Å². The van der Waals surface area contributed by atoms with Crippen molar-refractivity contribution in [3.05, 3.63) is 41.2 Å². The molecule has 1 amide bonds. The third kappa shape index (κ3) is 3.39. The van der Waals surface area contributed by atoms with Gasteiger partial charge in [0.2, 0.25) is 0 Å². The Balaban J connectivity index is 1.94. The van der Waals surface area contributed by atoms with Gasteiger partial charge in [-0.2, -0.15) is 5.10 Å². The molecule has 0 aliphatic carbocycles. The van der Waals surface area contributed by atoms with Crippen molar-refractivity contribution in [2.75, 3.05) is 20.8 Å². The van der Waals surface area contributed by atoms with Crippen molar-refractivity contribution in [2.45, 2.75) is 13.3 Å². The van der Waals surface area contributed by atoms with E-state index in [-0.39, 0.29) is 5.91 Å². The smallest absolute Gasteiger partial charge is 0.254 e. The maximum absolute atomic E-state index is 12.1. The molecule has 0 saturated carbocycles. The normalized spacial score (nSPS) is 10.4. The molecule has 0 atom stereocenters. The van der Waals surface area contributed by atoms with Gasteiger partial charge in [-0.15, -0.1) is 0 Å². The van der Waals surface area contributed by atoms with Crippen LogP contribution >= 0.6 is 0 Å². The lowest BCUT2D eigenvalue weighted by molar-refractivity contribution is 0.0953. The molecule has 1 heterocycles. The quantitative estimate of drug-likeness (QED) is 0.882. The average Bonchev–Trinajstić information content (AvgIpc) is 2.86. The molecule has 0 spiro atoms. The summed E-state index contributed by atoms with van der Waals surface area (Å²) in [5.41, 5.74) is 2.53. The number of nitrogens with one attached hydrogen (secondary N) is 1. The molecule has 6 nitrogen and oxygen atoms in total. The number of hydrogen-bond acceptors (Lipinski definition) is 4. The van der Waals surface area contributed by atoms with Gasteiger partial charge in [-0.3, -0.25) is 9.48 Å². The summed E-state index contributed by atoms with van der Waals surface area (Å²) in [4.78, 5) is 12.1. The number of carbonyl (C=O) groups is 1. The SMILES string of the molecule is COc1ccc(CCNC(=O)c2cnn(C)c2C)cc1OC. The molecule has 2 aromatic rings. The van der Waals surface area contributed by atoms with E-state index in [2.05, 4.69) is 10.4 Å². The molecule has 1 aromatic heterocycles. The maximum atomic E-state index is 12.1. The number of nitrogens with zero attached hydrogens (tertiary/aromatic N) is 2. The molecule has 0 fully saturated rings. The van der Waals surface area contributed by atoms with E-state index in [0.717, 1.165) is 11.3 Å². The van der Waals surface area contributed by atoms with E-state index < -0.39 is 0 Å². The molecular weight excluding hydrogens is 282 g/mol. The second-order valence-electron chi connectivity index (χ2n) is 4.96. The first-order valence-corrected chi connectivity index (χ1v) is 7.04. The van der Waals surface area contributed by atoms with Crippen molar-refractivity contribution in [2.24, 2.45) is 7.05 Å². The molecular formula is C16H21N3O3. The van der Waals surface area contributed by atoms with Crippen LogP contribution in [-0.2, 0) is 13.5 Å². The van der Waals surface area contributed by atoms with Crippen LogP contribution in [0.2, 0.25) is 0 Å². The number of aromatic nitrogens is 2. The molecule has 0 aliphatic rings. The lowest BCUT2D eigenvalue weighted by Gasteiger charge is -2.10. The van der Waals surface area contributed by atoms with Crippen LogP contribution in [0.5, 0.6) is 11.5 Å². The highest BCUT2D eigenvalue weighted by atomic mass is 16.5. The van der Waals surface area contributed by atoms with Crippen LogP contribution in [0, 0.1) is 6.92 Å². The van der Waals surface area contributed by atoms with Crippen molar-refractivity contribution in [3.63, 3.8) is 0 Å². The zero-order valence-electron chi connectivity index (χ0n) is 13.3. The highest BCUT2D eigenvalue weighted by Gasteiger charge is 2.12. The van der Waals surface area contributed by atoms with Gasteiger partial charge >= 0.3 is 0 Å². The highest BCUT2D eigenvalue weighted by Crippen LogP contribution is 2.27. The lowest BCUT2D eigenvalue weighted by atomic mass is 10.1. The minimum Gasteiger partial charge on any atom is -0.493 e. The second-order valence-corrected chi connectivity index (χ2v) is 4.96. The summed E-state index contributed by atoms with van der Waals surface area (Å²) in [7, 11) is 5.03. The van der Waals surface area contributed by atoms with E-state index in [0.29, 0.717) is 30.0 Å². The first-order chi connectivity index (χ1) is 10.6. The Morgan fingerprint density at radius 1 is 1.27 bits per heavy atom. The van der Waals surface area contributed by atoms with Crippen molar-refractivity contribution in [1.29, 1.82) is 0 Å². The largest absolute Gasteiger partial charge is 0.493 e. The number of aryl methyl sites for hydroxylation is 1. The lowest BCUT2D eigenvalue weighted by Crippen LogP contribution is -2.26. The highest BCUT2D eigenvalue weighted by molar-refractivity contribution is 5.95. The number of carbonyl (C=O) groups excluding carboxylic acids is 1. The molecule has 6 heteroatoms. The van der Waals surface area contributed by atoms with Crippen LogP contribution in [0.1, 0.15) is 21.6 Å².